The predicted octanol–water partition coefficient (Wildman–Crippen LogP) is 4.47. The topological polar surface area (TPSA) is 77.8 Å². The van der Waals surface area contributed by atoms with Gasteiger partial charge < -0.3 is 18.2 Å². The quantitative estimate of drug-likeness (QED) is 0.216. The Labute approximate surface area is 175 Å². The summed E-state index contributed by atoms with van der Waals surface area (Å²) in [6, 6.07) is 0. The molecule has 136 valence electrons. The van der Waals surface area contributed by atoms with Gasteiger partial charge in [-0.25, -0.2) is 4.79 Å². The van der Waals surface area contributed by atoms with Gasteiger partial charge in [-0.1, -0.05) is 90.4 Å². The molecule has 4 nitrogen and oxygen atoms in total. The largest absolute Gasteiger partial charge is 2.00 e. The van der Waals surface area contributed by atoms with Crippen LogP contribution in [-0.4, -0.2) is 64.8 Å². The van der Waals surface area contributed by atoms with Crippen LogP contribution in [0.15, 0.2) is 0 Å². The van der Waals surface area contributed by atoms with Gasteiger partial charge in [0, 0.05) is 6.42 Å². The van der Waals surface area contributed by atoms with Crippen molar-refractivity contribution in [3.63, 3.8) is 0 Å². The molecule has 0 aromatic rings. The molecule has 0 amide bonds. The molecule has 0 fully saturated rings. The van der Waals surface area contributed by atoms with Crippen molar-refractivity contribution in [3.05, 3.63) is 0 Å². The molecule has 0 bridgehead atoms. The Balaban J connectivity index is -0.000000735. The molecule has 0 radical (unpaired) electrons. The maximum Gasteiger partial charge on any atom is 2.00 e. The number of hydrogen-bond acceptors (Lipinski definition) is 3. The van der Waals surface area contributed by atoms with Crippen molar-refractivity contribution in [3.8, 4) is 0 Å². The summed E-state index contributed by atoms with van der Waals surface area (Å²) in [5, 5.41) is 26.8. The van der Waals surface area contributed by atoms with Crippen LogP contribution in [0.4, 0.5) is 0 Å². The molecule has 0 rings (SSSR count). The van der Waals surface area contributed by atoms with E-state index in [9.17, 15) is 4.79 Å². The Morgan fingerprint density at radius 1 is 0.739 bits per heavy atom. The Bertz CT molecular complexity index is 280. The van der Waals surface area contributed by atoms with Crippen LogP contribution in [-0.2, 0) is 4.79 Å². The third-order valence-electron chi connectivity index (χ3n) is 4.22. The van der Waals surface area contributed by atoms with Crippen molar-refractivity contribution in [1.82, 2.24) is 0 Å². The van der Waals surface area contributed by atoms with Crippen LogP contribution in [0.3, 0.4) is 0 Å². The van der Waals surface area contributed by atoms with E-state index in [1.165, 1.54) is 64.2 Å². The number of aliphatic hydroxyl groups is 2. The van der Waals surface area contributed by atoms with Crippen molar-refractivity contribution >= 4 is 43.7 Å². The smallest absolute Gasteiger partial charge is 1.00 e. The van der Waals surface area contributed by atoms with E-state index in [-0.39, 0.29) is 47.0 Å². The molecule has 0 atom stereocenters. The van der Waals surface area contributed by atoms with Crippen LogP contribution in [0.1, 0.15) is 106 Å². The monoisotopic (exact) mass is 358 g/mol. The van der Waals surface area contributed by atoms with E-state index in [0.29, 0.717) is 6.42 Å². The molecule has 0 unspecified atom stereocenters. The average Bonchev–Trinajstić information content (AvgIpc) is 2.47. The van der Waals surface area contributed by atoms with Crippen LogP contribution >= 0.6 is 0 Å². The van der Waals surface area contributed by atoms with Crippen molar-refractivity contribution in [2.75, 3.05) is 0 Å². The third-order valence-corrected chi connectivity index (χ3v) is 4.22. The SMILES string of the molecule is CCCCCCCCCCCCCCCCC(O)(O)C(=O)O.[Ca+2].[H-].[H-]. The van der Waals surface area contributed by atoms with Gasteiger partial charge in [0.25, 0.3) is 5.79 Å². The molecule has 0 aliphatic heterocycles. The Kier molecular flexibility index (Phi) is 19.7. The zero-order chi connectivity index (χ0) is 16.7. The summed E-state index contributed by atoms with van der Waals surface area (Å²) in [5.74, 6) is -4.10. The van der Waals surface area contributed by atoms with E-state index in [1.54, 1.807) is 0 Å². The molecular weight excluding hydrogens is 320 g/mol. The molecule has 0 saturated carbocycles. The van der Waals surface area contributed by atoms with Gasteiger partial charge in [0.05, 0.1) is 0 Å². The van der Waals surface area contributed by atoms with Gasteiger partial charge in [-0.3, -0.25) is 0 Å². The number of carbonyl (C=O) groups is 1. The molecule has 0 aliphatic rings. The number of carboxylic acid groups (broad SMARTS) is 1. The number of aliphatic carboxylic acids is 1. The maximum atomic E-state index is 10.5. The summed E-state index contributed by atoms with van der Waals surface area (Å²) < 4.78 is 0. The number of rotatable bonds is 16. The van der Waals surface area contributed by atoms with Crippen LogP contribution in [0.2, 0.25) is 0 Å². The summed E-state index contributed by atoms with van der Waals surface area (Å²) in [7, 11) is 0. The van der Waals surface area contributed by atoms with Crippen molar-refractivity contribution in [1.29, 1.82) is 0 Å². The first kappa shape index (κ1) is 25.9. The van der Waals surface area contributed by atoms with Crippen molar-refractivity contribution in [2.24, 2.45) is 0 Å². The second-order valence-electron chi connectivity index (χ2n) is 6.47. The van der Waals surface area contributed by atoms with E-state index in [1.807, 2.05) is 0 Å². The van der Waals surface area contributed by atoms with Crippen LogP contribution < -0.4 is 0 Å². The fraction of sp³-hybridized carbons (Fsp3) is 0.944. The van der Waals surface area contributed by atoms with E-state index < -0.39 is 11.8 Å². The van der Waals surface area contributed by atoms with Crippen molar-refractivity contribution in [2.45, 2.75) is 109 Å². The number of carboxylic acids is 1. The Morgan fingerprint density at radius 3 is 1.35 bits per heavy atom. The standard InChI is InChI=1S/C18H36O4.Ca.2H/c1-2-3-4-5-6-7-8-9-10-11-12-13-14-15-16-18(21,22)17(19)20;;;/h21-22H,2-16H2,1H3,(H,19,20);;;/q;+2;2*-1. The minimum absolute atomic E-state index is 0. The molecule has 23 heavy (non-hydrogen) atoms. The van der Waals surface area contributed by atoms with Gasteiger partial charge in [0.2, 0.25) is 0 Å². The van der Waals surface area contributed by atoms with Crippen LogP contribution in [0.5, 0.6) is 0 Å². The molecule has 0 aromatic heterocycles. The Morgan fingerprint density at radius 2 is 1.04 bits per heavy atom. The molecular formula is C18H38CaO4. The van der Waals surface area contributed by atoms with Gasteiger partial charge in [-0.2, -0.15) is 0 Å². The Hall–Kier alpha value is 0.650. The molecule has 0 aromatic carbocycles. The zero-order valence-corrected chi connectivity index (χ0v) is 17.3. The average molecular weight is 359 g/mol. The van der Waals surface area contributed by atoms with E-state index >= 15 is 0 Å². The number of unbranched alkanes of at least 4 members (excludes halogenated alkanes) is 13. The van der Waals surface area contributed by atoms with Crippen molar-refractivity contribution < 1.29 is 23.0 Å². The molecule has 0 spiro atoms. The van der Waals surface area contributed by atoms with Crippen LogP contribution in [0.25, 0.3) is 0 Å². The molecule has 0 heterocycles. The van der Waals surface area contributed by atoms with Gasteiger partial charge in [0.15, 0.2) is 0 Å². The fourth-order valence-corrected chi connectivity index (χ4v) is 2.67. The summed E-state index contributed by atoms with van der Waals surface area (Å²) >= 11 is 0. The minimum atomic E-state index is -2.54. The maximum absolute atomic E-state index is 10.5. The first-order valence-electron chi connectivity index (χ1n) is 9.19. The normalized spacial score (nSPS) is 11.3. The summed E-state index contributed by atoms with van der Waals surface area (Å²) in [6.07, 6.45) is 17.0. The van der Waals surface area contributed by atoms with Gasteiger partial charge in [0.1, 0.15) is 0 Å². The van der Waals surface area contributed by atoms with E-state index in [2.05, 4.69) is 6.92 Å². The molecule has 0 aliphatic carbocycles. The van der Waals surface area contributed by atoms with E-state index in [4.69, 9.17) is 15.3 Å². The summed E-state index contributed by atoms with van der Waals surface area (Å²) in [4.78, 5) is 10.5. The predicted molar refractivity (Wildman–Crippen MR) is 97.7 cm³/mol. The third kappa shape index (κ3) is 17.3. The first-order valence-corrected chi connectivity index (χ1v) is 9.19. The number of hydrogen-bond donors (Lipinski definition) is 3. The van der Waals surface area contributed by atoms with Gasteiger partial charge >= 0.3 is 43.7 Å². The summed E-state index contributed by atoms with van der Waals surface area (Å²) in [6.45, 7) is 2.25. The first-order chi connectivity index (χ1) is 10.5. The van der Waals surface area contributed by atoms with Crippen LogP contribution in [0, 0.1) is 0 Å². The molecule has 3 N–H and O–H groups in total. The molecule has 0 saturated heterocycles. The van der Waals surface area contributed by atoms with E-state index in [0.717, 1.165) is 19.3 Å². The van der Waals surface area contributed by atoms with Gasteiger partial charge in [-0.05, 0) is 6.42 Å². The fourth-order valence-electron chi connectivity index (χ4n) is 2.67. The minimum Gasteiger partial charge on any atom is -1.00 e. The zero-order valence-electron chi connectivity index (χ0n) is 17.1. The molecule has 5 heteroatoms. The second kappa shape index (κ2) is 17.5. The van der Waals surface area contributed by atoms with Gasteiger partial charge in [-0.15, -0.1) is 0 Å². The second-order valence-corrected chi connectivity index (χ2v) is 6.47. The summed E-state index contributed by atoms with van der Waals surface area (Å²) in [5.41, 5.74) is 0.